The molecule has 2 aromatic rings. The standard InChI is InChI=1S/C37H47ClF3N7O4/c38-30-22-24(21-29(33(30)42)37(39,40)41)23-32(34(49)46-12-8-27(9-13-46)45-19-17-44(18-20-45)26-5-6-26)52-36(51)47-14-10-28(11-15-47)48-16-7-25-3-1-2-4-31(25)43-35(48)50/h1-4,21-22,26-28,32H,5-20,23,42H2,(H,43,50)/t32-/m1/s1. The second-order valence-corrected chi connectivity index (χ2v) is 15.1. The van der Waals surface area contributed by atoms with Crippen molar-refractivity contribution in [2.45, 2.75) is 81.8 Å². The molecule has 0 aromatic heterocycles. The van der Waals surface area contributed by atoms with Gasteiger partial charge >= 0.3 is 18.3 Å². The Hall–Kier alpha value is -3.75. The monoisotopic (exact) mass is 745 g/mol. The lowest BCUT2D eigenvalue weighted by atomic mass is 9.99. The number of nitrogens with zero attached hydrogens (tertiary/aromatic N) is 5. The van der Waals surface area contributed by atoms with Gasteiger partial charge in [0.05, 0.1) is 16.3 Å². The number of nitrogens with two attached hydrogens (primary N) is 1. The third-order valence-electron chi connectivity index (χ3n) is 11.4. The third kappa shape index (κ3) is 8.23. The molecular weight excluding hydrogens is 699 g/mol. The van der Waals surface area contributed by atoms with Crippen molar-refractivity contribution in [3.63, 3.8) is 0 Å². The van der Waals surface area contributed by atoms with E-state index in [1.807, 2.05) is 29.2 Å². The van der Waals surface area contributed by atoms with Crippen LogP contribution in [0.1, 0.15) is 55.2 Å². The number of piperazine rings is 1. The number of hydrogen-bond donors (Lipinski definition) is 2. The molecule has 282 valence electrons. The first-order valence-electron chi connectivity index (χ1n) is 18.5. The molecule has 4 heterocycles. The molecule has 0 bridgehead atoms. The largest absolute Gasteiger partial charge is 0.436 e. The van der Waals surface area contributed by atoms with Crippen LogP contribution in [0, 0.1) is 0 Å². The first kappa shape index (κ1) is 36.6. The van der Waals surface area contributed by atoms with Crippen LogP contribution in [-0.2, 0) is 28.5 Å². The van der Waals surface area contributed by atoms with E-state index in [-0.39, 0.29) is 29.1 Å². The molecule has 5 aliphatic rings. The Balaban J connectivity index is 0.998. The van der Waals surface area contributed by atoms with Crippen LogP contribution in [0.25, 0.3) is 0 Å². The van der Waals surface area contributed by atoms with Crippen molar-refractivity contribution >= 4 is 41.0 Å². The molecule has 3 N–H and O–H groups in total. The molecule has 1 saturated carbocycles. The van der Waals surface area contributed by atoms with Gasteiger partial charge in [-0.2, -0.15) is 13.2 Å². The minimum absolute atomic E-state index is 0.0907. The smallest absolute Gasteiger partial charge is 0.418 e. The molecule has 0 unspecified atom stereocenters. The van der Waals surface area contributed by atoms with Crippen LogP contribution in [0.5, 0.6) is 0 Å². The quantitative estimate of drug-likeness (QED) is 0.370. The predicted molar refractivity (Wildman–Crippen MR) is 191 cm³/mol. The Bertz CT molecular complexity index is 1640. The first-order valence-corrected chi connectivity index (χ1v) is 18.9. The number of amides is 4. The van der Waals surface area contributed by atoms with Crippen molar-refractivity contribution < 1.29 is 32.3 Å². The van der Waals surface area contributed by atoms with Gasteiger partial charge in [-0.05, 0) is 74.3 Å². The summed E-state index contributed by atoms with van der Waals surface area (Å²) in [4.78, 5) is 50.8. The van der Waals surface area contributed by atoms with E-state index in [1.165, 1.54) is 23.8 Å². The van der Waals surface area contributed by atoms with Gasteiger partial charge in [0, 0.05) is 89.1 Å². The molecule has 3 saturated heterocycles. The van der Waals surface area contributed by atoms with E-state index in [2.05, 4.69) is 15.1 Å². The maximum Gasteiger partial charge on any atom is 0.418 e. The SMILES string of the molecule is Nc1c(Cl)cc(C[C@@H](OC(=O)N2CCC(N3CCc4ccccc4NC3=O)CC2)C(=O)N2CCC(N3CCN(C4CC4)CC3)CC2)cc1C(F)(F)F. The van der Waals surface area contributed by atoms with E-state index in [9.17, 15) is 27.6 Å². The number of fused-ring (bicyclic) bond motifs is 1. The Labute approximate surface area is 307 Å². The van der Waals surface area contributed by atoms with Crippen LogP contribution >= 0.6 is 11.6 Å². The van der Waals surface area contributed by atoms with Crippen LogP contribution in [0.4, 0.5) is 34.1 Å². The average molecular weight is 746 g/mol. The molecule has 11 nitrogen and oxygen atoms in total. The van der Waals surface area contributed by atoms with Crippen LogP contribution in [-0.4, -0.2) is 126 Å². The maximum atomic E-state index is 14.1. The summed E-state index contributed by atoms with van der Waals surface area (Å²) in [5, 5.41) is 2.71. The van der Waals surface area contributed by atoms with Crippen LogP contribution in [0.15, 0.2) is 36.4 Å². The van der Waals surface area contributed by atoms with Gasteiger partial charge in [0.25, 0.3) is 5.91 Å². The van der Waals surface area contributed by atoms with Crippen LogP contribution in [0.3, 0.4) is 0 Å². The zero-order chi connectivity index (χ0) is 36.6. The Morgan fingerprint density at radius 1 is 0.846 bits per heavy atom. The maximum absolute atomic E-state index is 14.1. The molecule has 7 rings (SSSR count). The minimum atomic E-state index is -4.76. The molecule has 1 atom stereocenters. The van der Waals surface area contributed by atoms with Gasteiger partial charge in [-0.25, -0.2) is 9.59 Å². The van der Waals surface area contributed by atoms with Crippen molar-refractivity contribution in [1.82, 2.24) is 24.5 Å². The number of anilines is 2. The summed E-state index contributed by atoms with van der Waals surface area (Å²) in [6, 6.07) is 10.7. The highest BCUT2D eigenvalue weighted by molar-refractivity contribution is 6.33. The molecule has 1 aliphatic carbocycles. The number of likely N-dealkylation sites (tertiary alicyclic amines) is 2. The number of urea groups is 1. The van der Waals surface area contributed by atoms with Gasteiger partial charge in [-0.15, -0.1) is 0 Å². The fraction of sp³-hybridized carbons (Fsp3) is 0.595. The van der Waals surface area contributed by atoms with Gasteiger partial charge in [0.2, 0.25) is 0 Å². The zero-order valence-corrected chi connectivity index (χ0v) is 30.0. The minimum Gasteiger partial charge on any atom is -0.436 e. The number of benzene rings is 2. The van der Waals surface area contributed by atoms with E-state index in [4.69, 9.17) is 22.1 Å². The number of halogens is 4. The van der Waals surface area contributed by atoms with Crippen molar-refractivity contribution in [2.24, 2.45) is 0 Å². The molecule has 15 heteroatoms. The summed E-state index contributed by atoms with van der Waals surface area (Å²) in [6.07, 6.45) is -1.27. The lowest BCUT2D eigenvalue weighted by Crippen LogP contribution is -2.55. The molecule has 4 amide bonds. The Kier molecular flexibility index (Phi) is 10.8. The normalized spacial score (nSPS) is 22.1. The summed E-state index contributed by atoms with van der Waals surface area (Å²) in [7, 11) is 0. The van der Waals surface area contributed by atoms with Crippen LogP contribution in [0.2, 0.25) is 5.02 Å². The van der Waals surface area contributed by atoms with Crippen LogP contribution < -0.4 is 11.1 Å². The second-order valence-electron chi connectivity index (χ2n) is 14.7. The average Bonchev–Trinajstić information content (AvgIpc) is 4.00. The van der Waals surface area contributed by atoms with Gasteiger partial charge in [-0.1, -0.05) is 29.8 Å². The molecule has 0 spiro atoms. The second kappa shape index (κ2) is 15.3. The highest BCUT2D eigenvalue weighted by Crippen LogP contribution is 2.38. The highest BCUT2D eigenvalue weighted by atomic mass is 35.5. The van der Waals surface area contributed by atoms with E-state index in [1.54, 1.807) is 4.90 Å². The number of para-hydroxylation sites is 1. The van der Waals surface area contributed by atoms with Crippen molar-refractivity contribution in [3.05, 3.63) is 58.1 Å². The van der Waals surface area contributed by atoms with Gasteiger partial charge < -0.3 is 30.5 Å². The predicted octanol–water partition coefficient (Wildman–Crippen LogP) is 5.31. The topological polar surface area (TPSA) is 115 Å². The first-order chi connectivity index (χ1) is 24.9. The van der Waals surface area contributed by atoms with Crippen molar-refractivity contribution in [2.75, 3.05) is 70.0 Å². The molecule has 2 aromatic carbocycles. The van der Waals surface area contributed by atoms with E-state index >= 15 is 0 Å². The number of carbonyl (C=O) groups is 3. The highest BCUT2D eigenvalue weighted by Gasteiger charge is 2.39. The number of hydrogen-bond acceptors (Lipinski definition) is 7. The zero-order valence-electron chi connectivity index (χ0n) is 29.3. The fourth-order valence-corrected chi connectivity index (χ4v) is 8.52. The molecule has 4 fully saturated rings. The third-order valence-corrected chi connectivity index (χ3v) is 11.8. The number of rotatable bonds is 7. The van der Waals surface area contributed by atoms with Crippen molar-refractivity contribution in [3.8, 4) is 0 Å². The van der Waals surface area contributed by atoms with Gasteiger partial charge in [0.15, 0.2) is 6.10 Å². The van der Waals surface area contributed by atoms with E-state index in [0.717, 1.165) is 62.4 Å². The molecule has 0 radical (unpaired) electrons. The fourth-order valence-electron chi connectivity index (χ4n) is 8.28. The molecular formula is C37H47ClF3N7O4. The number of carbonyl (C=O) groups excluding carboxylic acids is 3. The summed E-state index contributed by atoms with van der Waals surface area (Å²) in [5.74, 6) is -0.442. The number of alkyl halides is 3. The molecule has 52 heavy (non-hydrogen) atoms. The number of ether oxygens (including phenoxy) is 1. The Morgan fingerprint density at radius 2 is 1.44 bits per heavy atom. The van der Waals surface area contributed by atoms with E-state index in [0.29, 0.717) is 58.0 Å². The number of nitrogen functional groups attached to an aromatic ring is 1. The summed E-state index contributed by atoms with van der Waals surface area (Å²) >= 11 is 6.13. The van der Waals surface area contributed by atoms with Gasteiger partial charge in [0.1, 0.15) is 0 Å². The number of nitrogens with one attached hydrogen (secondary N) is 1. The summed E-state index contributed by atoms with van der Waals surface area (Å²) in [6.45, 7) is 6.19. The lowest BCUT2D eigenvalue weighted by molar-refractivity contribution is -0.142. The van der Waals surface area contributed by atoms with Gasteiger partial charge in [-0.3, -0.25) is 14.6 Å². The van der Waals surface area contributed by atoms with Crippen molar-refractivity contribution in [1.29, 1.82) is 0 Å². The summed E-state index contributed by atoms with van der Waals surface area (Å²) in [5.41, 5.74) is 5.93. The lowest BCUT2D eigenvalue weighted by Gasteiger charge is -2.43. The molecule has 4 aliphatic heterocycles. The summed E-state index contributed by atoms with van der Waals surface area (Å²) < 4.78 is 47.4. The Morgan fingerprint density at radius 3 is 2.08 bits per heavy atom. The number of piperidine rings is 2. The van der Waals surface area contributed by atoms with E-state index < -0.39 is 35.5 Å².